The molecular formula is C27H28N6O3S. The second-order valence-corrected chi connectivity index (χ2v) is 12.0. The van der Waals surface area contributed by atoms with Crippen LogP contribution in [0.15, 0.2) is 66.9 Å². The van der Waals surface area contributed by atoms with Crippen molar-refractivity contribution in [1.29, 1.82) is 0 Å². The Morgan fingerprint density at radius 2 is 1.70 bits per heavy atom. The molecule has 4 aromatic rings. The number of rotatable bonds is 7. The van der Waals surface area contributed by atoms with Crippen LogP contribution >= 0.6 is 0 Å². The van der Waals surface area contributed by atoms with Gasteiger partial charge in [-0.3, -0.25) is 9.69 Å². The summed E-state index contributed by atoms with van der Waals surface area (Å²) in [7, 11) is -2.88. The maximum Gasteiger partial charge on any atom is 0.251 e. The summed E-state index contributed by atoms with van der Waals surface area (Å²) < 4.78 is 25.1. The van der Waals surface area contributed by atoms with Gasteiger partial charge in [0.2, 0.25) is 5.95 Å². The minimum absolute atomic E-state index is 0.0422. The summed E-state index contributed by atoms with van der Waals surface area (Å²) in [6.07, 6.45) is 3.98. The molecule has 10 heteroatoms. The van der Waals surface area contributed by atoms with Crippen molar-refractivity contribution in [3.63, 3.8) is 0 Å². The smallest absolute Gasteiger partial charge is 0.251 e. The number of amides is 1. The first-order valence-electron chi connectivity index (χ1n) is 12.5. The van der Waals surface area contributed by atoms with Crippen molar-refractivity contribution in [2.75, 3.05) is 29.9 Å². The van der Waals surface area contributed by atoms with Gasteiger partial charge in [-0.05, 0) is 60.4 Å². The largest absolute Gasteiger partial charge is 0.349 e. The predicted molar refractivity (Wildman–Crippen MR) is 143 cm³/mol. The summed E-state index contributed by atoms with van der Waals surface area (Å²) in [5, 5.41) is 10.8. The molecule has 2 N–H and O–H groups in total. The molecule has 1 aliphatic carbocycles. The van der Waals surface area contributed by atoms with Crippen LogP contribution in [0.5, 0.6) is 0 Å². The first-order valence-corrected chi connectivity index (χ1v) is 14.3. The zero-order valence-electron chi connectivity index (χ0n) is 20.3. The van der Waals surface area contributed by atoms with Crippen molar-refractivity contribution in [2.45, 2.75) is 25.4 Å². The molecule has 0 radical (unpaired) electrons. The van der Waals surface area contributed by atoms with E-state index in [-0.39, 0.29) is 17.4 Å². The fourth-order valence-electron chi connectivity index (χ4n) is 4.47. The maximum absolute atomic E-state index is 12.2. The van der Waals surface area contributed by atoms with Crippen LogP contribution in [0.2, 0.25) is 0 Å². The first kappa shape index (κ1) is 23.6. The zero-order chi connectivity index (χ0) is 25.4. The van der Waals surface area contributed by atoms with Gasteiger partial charge in [-0.25, -0.2) is 12.9 Å². The van der Waals surface area contributed by atoms with E-state index >= 15 is 0 Å². The monoisotopic (exact) mass is 516 g/mol. The highest BCUT2D eigenvalue weighted by atomic mass is 32.2. The van der Waals surface area contributed by atoms with Gasteiger partial charge in [0.05, 0.1) is 11.5 Å². The molecule has 0 unspecified atom stereocenters. The Morgan fingerprint density at radius 3 is 2.41 bits per heavy atom. The van der Waals surface area contributed by atoms with E-state index in [1.807, 2.05) is 30.5 Å². The number of carbonyl (C=O) groups is 1. The number of pyridine rings is 1. The van der Waals surface area contributed by atoms with Crippen LogP contribution in [0, 0.1) is 0 Å². The minimum Gasteiger partial charge on any atom is -0.349 e. The van der Waals surface area contributed by atoms with Gasteiger partial charge in [-0.2, -0.15) is 4.98 Å². The number of carbonyl (C=O) groups excluding carboxylic acids is 1. The van der Waals surface area contributed by atoms with E-state index < -0.39 is 9.84 Å². The third-order valence-corrected chi connectivity index (χ3v) is 8.40. The molecule has 1 saturated carbocycles. The van der Waals surface area contributed by atoms with Gasteiger partial charge in [0.1, 0.15) is 0 Å². The van der Waals surface area contributed by atoms with E-state index in [1.54, 1.807) is 16.6 Å². The van der Waals surface area contributed by atoms with Gasteiger partial charge < -0.3 is 10.6 Å². The molecule has 190 valence electrons. The van der Waals surface area contributed by atoms with E-state index in [2.05, 4.69) is 44.9 Å². The molecule has 2 aromatic heterocycles. The SMILES string of the molecule is O=C(NC1CC1)c1ccc(Nc2nc3c(-c4ccc(CN5CCS(=O)(=O)CC5)cc4)cccn3n2)cc1. The van der Waals surface area contributed by atoms with Gasteiger partial charge in [0, 0.05) is 48.7 Å². The fraction of sp³-hybridized carbons (Fsp3) is 0.296. The quantitative estimate of drug-likeness (QED) is 0.388. The molecule has 2 aliphatic rings. The lowest BCUT2D eigenvalue weighted by Gasteiger charge is -2.26. The van der Waals surface area contributed by atoms with Crippen molar-refractivity contribution in [3.05, 3.63) is 78.0 Å². The number of sulfone groups is 1. The lowest BCUT2D eigenvalue weighted by atomic mass is 10.0. The fourth-order valence-corrected chi connectivity index (χ4v) is 5.75. The lowest BCUT2D eigenvalue weighted by Crippen LogP contribution is -2.39. The summed E-state index contributed by atoms with van der Waals surface area (Å²) >= 11 is 0. The topological polar surface area (TPSA) is 109 Å². The summed E-state index contributed by atoms with van der Waals surface area (Å²) in [6.45, 7) is 1.89. The lowest BCUT2D eigenvalue weighted by molar-refractivity contribution is 0.0951. The standard InChI is InChI=1S/C27H28N6O3S/c34-26(28-22-11-12-22)21-7-9-23(10-8-21)29-27-30-25-24(2-1-13-33(25)31-27)20-5-3-19(4-6-20)18-32-14-16-37(35,36)17-15-32/h1-10,13,22H,11-12,14-18H2,(H,28,34)(H,29,31). The van der Waals surface area contributed by atoms with Crippen LogP contribution in [0.25, 0.3) is 16.8 Å². The van der Waals surface area contributed by atoms with E-state index in [0.29, 0.717) is 30.6 Å². The second kappa shape index (κ2) is 9.60. The zero-order valence-corrected chi connectivity index (χ0v) is 21.1. The van der Waals surface area contributed by atoms with E-state index in [9.17, 15) is 13.2 Å². The normalized spacial score (nSPS) is 17.5. The molecule has 1 aliphatic heterocycles. The van der Waals surface area contributed by atoms with Gasteiger partial charge in [-0.15, -0.1) is 5.10 Å². The molecule has 2 aromatic carbocycles. The molecular weight excluding hydrogens is 488 g/mol. The second-order valence-electron chi connectivity index (χ2n) is 9.70. The maximum atomic E-state index is 12.2. The molecule has 1 saturated heterocycles. The van der Waals surface area contributed by atoms with Crippen molar-refractivity contribution >= 4 is 33.0 Å². The van der Waals surface area contributed by atoms with E-state index in [4.69, 9.17) is 4.98 Å². The number of fused-ring (bicyclic) bond motifs is 1. The Hall–Kier alpha value is -3.76. The molecule has 2 fully saturated rings. The number of hydrogen-bond acceptors (Lipinski definition) is 7. The number of nitrogens with zero attached hydrogens (tertiary/aromatic N) is 4. The van der Waals surface area contributed by atoms with Gasteiger partial charge in [-0.1, -0.05) is 24.3 Å². The van der Waals surface area contributed by atoms with Crippen molar-refractivity contribution in [2.24, 2.45) is 0 Å². The van der Waals surface area contributed by atoms with Crippen LogP contribution in [0.4, 0.5) is 11.6 Å². The highest BCUT2D eigenvalue weighted by molar-refractivity contribution is 7.91. The van der Waals surface area contributed by atoms with Crippen LogP contribution in [-0.4, -0.2) is 64.5 Å². The average molecular weight is 517 g/mol. The Morgan fingerprint density at radius 1 is 0.973 bits per heavy atom. The molecule has 1 amide bonds. The number of hydrogen-bond donors (Lipinski definition) is 2. The van der Waals surface area contributed by atoms with Crippen LogP contribution < -0.4 is 10.6 Å². The average Bonchev–Trinajstić information content (AvgIpc) is 3.61. The Bertz CT molecular complexity index is 1530. The molecule has 6 rings (SSSR count). The van der Waals surface area contributed by atoms with Crippen LogP contribution in [-0.2, 0) is 16.4 Å². The van der Waals surface area contributed by atoms with Gasteiger partial charge >= 0.3 is 0 Å². The van der Waals surface area contributed by atoms with Crippen LogP contribution in [0.3, 0.4) is 0 Å². The Balaban J connectivity index is 1.15. The number of benzene rings is 2. The first-order chi connectivity index (χ1) is 17.9. The van der Waals surface area contributed by atoms with Crippen molar-refractivity contribution in [1.82, 2.24) is 24.8 Å². The summed E-state index contributed by atoms with van der Waals surface area (Å²) in [4.78, 5) is 19.1. The van der Waals surface area contributed by atoms with Crippen molar-refractivity contribution in [3.8, 4) is 11.1 Å². The molecule has 0 atom stereocenters. The Kier molecular flexibility index (Phi) is 6.13. The summed E-state index contributed by atoms with van der Waals surface area (Å²) in [6, 6.07) is 19.9. The number of anilines is 2. The molecule has 9 nitrogen and oxygen atoms in total. The van der Waals surface area contributed by atoms with Gasteiger partial charge in [0.15, 0.2) is 15.5 Å². The van der Waals surface area contributed by atoms with Gasteiger partial charge in [0.25, 0.3) is 5.91 Å². The Labute approximate surface area is 215 Å². The third-order valence-electron chi connectivity index (χ3n) is 6.79. The molecule has 0 bridgehead atoms. The third kappa shape index (κ3) is 5.50. The molecule has 3 heterocycles. The summed E-state index contributed by atoms with van der Waals surface area (Å²) in [5.41, 5.74) is 5.31. The number of aromatic nitrogens is 3. The highest BCUT2D eigenvalue weighted by Gasteiger charge is 2.24. The van der Waals surface area contributed by atoms with Crippen molar-refractivity contribution < 1.29 is 13.2 Å². The summed E-state index contributed by atoms with van der Waals surface area (Å²) in [5.74, 6) is 0.894. The molecule has 37 heavy (non-hydrogen) atoms. The molecule has 0 spiro atoms. The van der Waals surface area contributed by atoms with E-state index in [1.165, 1.54) is 0 Å². The van der Waals surface area contributed by atoms with Crippen LogP contribution in [0.1, 0.15) is 28.8 Å². The minimum atomic E-state index is -2.88. The number of nitrogens with one attached hydrogen (secondary N) is 2. The predicted octanol–water partition coefficient (Wildman–Crippen LogP) is 3.26. The highest BCUT2D eigenvalue weighted by Crippen LogP contribution is 2.26. The van der Waals surface area contributed by atoms with E-state index in [0.717, 1.165) is 47.4 Å².